The first kappa shape index (κ1) is 11.3. The molecule has 0 atom stereocenters. The van der Waals surface area contributed by atoms with E-state index >= 15 is 0 Å². The molecule has 0 aliphatic heterocycles. The molecular formula is C10H7F3N4. The van der Waals surface area contributed by atoms with Crippen molar-refractivity contribution in [2.45, 2.75) is 0 Å². The number of anilines is 1. The number of halogens is 3. The third kappa shape index (κ3) is 2.04. The van der Waals surface area contributed by atoms with Crippen LogP contribution in [0.15, 0.2) is 24.5 Å². The Morgan fingerprint density at radius 1 is 1.00 bits per heavy atom. The minimum absolute atomic E-state index is 0.0439. The minimum atomic E-state index is -1.53. The molecule has 7 heteroatoms. The molecule has 1 aromatic carbocycles. The molecule has 0 bridgehead atoms. The van der Waals surface area contributed by atoms with Gasteiger partial charge in [-0.3, -0.25) is 4.98 Å². The van der Waals surface area contributed by atoms with Crippen molar-refractivity contribution in [2.24, 2.45) is 5.84 Å². The molecule has 4 nitrogen and oxygen atoms in total. The number of hydrogen-bond donors (Lipinski definition) is 2. The lowest BCUT2D eigenvalue weighted by molar-refractivity contribution is 0.447. The molecule has 0 unspecified atom stereocenters. The lowest BCUT2D eigenvalue weighted by Gasteiger charge is -2.07. The van der Waals surface area contributed by atoms with Crippen LogP contribution in [-0.2, 0) is 0 Å². The van der Waals surface area contributed by atoms with Gasteiger partial charge in [-0.1, -0.05) is 0 Å². The van der Waals surface area contributed by atoms with Crippen molar-refractivity contribution >= 4 is 5.82 Å². The van der Waals surface area contributed by atoms with Crippen molar-refractivity contribution in [1.29, 1.82) is 0 Å². The number of benzene rings is 1. The number of aromatic nitrogens is 2. The van der Waals surface area contributed by atoms with Gasteiger partial charge in [-0.25, -0.2) is 24.0 Å². The van der Waals surface area contributed by atoms with Crippen LogP contribution in [0.5, 0.6) is 0 Å². The third-order valence-electron chi connectivity index (χ3n) is 2.09. The van der Waals surface area contributed by atoms with E-state index in [1.54, 1.807) is 0 Å². The zero-order valence-electron chi connectivity index (χ0n) is 8.42. The number of nitrogens with zero attached hydrogens (tertiary/aromatic N) is 2. The molecule has 1 heterocycles. The quantitative estimate of drug-likeness (QED) is 0.477. The molecule has 17 heavy (non-hydrogen) atoms. The number of hydrazine groups is 1. The van der Waals surface area contributed by atoms with Crippen molar-refractivity contribution < 1.29 is 13.2 Å². The Morgan fingerprint density at radius 2 is 1.59 bits per heavy atom. The van der Waals surface area contributed by atoms with E-state index in [1.165, 1.54) is 12.4 Å². The Kier molecular flexibility index (Phi) is 2.92. The topological polar surface area (TPSA) is 63.8 Å². The van der Waals surface area contributed by atoms with Crippen LogP contribution in [0.1, 0.15) is 0 Å². The van der Waals surface area contributed by atoms with Crippen LogP contribution in [-0.4, -0.2) is 9.97 Å². The second-order valence-corrected chi connectivity index (χ2v) is 3.15. The van der Waals surface area contributed by atoms with Gasteiger partial charge < -0.3 is 5.43 Å². The zero-order valence-corrected chi connectivity index (χ0v) is 8.42. The lowest BCUT2D eigenvalue weighted by atomic mass is 10.1. The van der Waals surface area contributed by atoms with E-state index in [-0.39, 0.29) is 17.1 Å². The van der Waals surface area contributed by atoms with Crippen LogP contribution in [0.3, 0.4) is 0 Å². The molecule has 2 rings (SSSR count). The molecule has 0 fully saturated rings. The number of hydrogen-bond acceptors (Lipinski definition) is 4. The van der Waals surface area contributed by atoms with Gasteiger partial charge in [-0.15, -0.1) is 0 Å². The minimum Gasteiger partial charge on any atom is -0.307 e. The Bertz CT molecular complexity index is 536. The Hall–Kier alpha value is -2.15. The molecule has 0 radical (unpaired) electrons. The van der Waals surface area contributed by atoms with E-state index in [2.05, 4.69) is 15.4 Å². The van der Waals surface area contributed by atoms with Gasteiger partial charge in [-0.05, 0) is 12.1 Å². The molecule has 0 aliphatic carbocycles. The molecule has 88 valence electrons. The van der Waals surface area contributed by atoms with Gasteiger partial charge in [0.25, 0.3) is 0 Å². The summed E-state index contributed by atoms with van der Waals surface area (Å²) < 4.78 is 38.9. The maximum atomic E-state index is 13.0. The average Bonchev–Trinajstić information content (AvgIpc) is 2.35. The van der Waals surface area contributed by atoms with E-state index in [4.69, 9.17) is 5.84 Å². The first-order valence-corrected chi connectivity index (χ1v) is 4.56. The third-order valence-corrected chi connectivity index (χ3v) is 2.09. The number of nitrogens with one attached hydrogen (secondary N) is 1. The molecular weight excluding hydrogens is 233 g/mol. The largest absolute Gasteiger partial charge is 0.307 e. The molecule has 2 aromatic rings. The first-order valence-electron chi connectivity index (χ1n) is 4.56. The maximum Gasteiger partial charge on any atom is 0.194 e. The van der Waals surface area contributed by atoms with E-state index in [1.807, 2.05) is 0 Å². The van der Waals surface area contributed by atoms with Crippen molar-refractivity contribution in [3.63, 3.8) is 0 Å². The smallest absolute Gasteiger partial charge is 0.194 e. The number of rotatable bonds is 2. The van der Waals surface area contributed by atoms with Crippen molar-refractivity contribution in [1.82, 2.24) is 9.97 Å². The highest BCUT2D eigenvalue weighted by Gasteiger charge is 2.14. The zero-order chi connectivity index (χ0) is 12.4. The van der Waals surface area contributed by atoms with Crippen LogP contribution in [0.25, 0.3) is 11.3 Å². The van der Waals surface area contributed by atoms with Gasteiger partial charge in [0.15, 0.2) is 23.3 Å². The second-order valence-electron chi connectivity index (χ2n) is 3.15. The first-order chi connectivity index (χ1) is 8.13. The van der Waals surface area contributed by atoms with Crippen LogP contribution in [0.4, 0.5) is 19.0 Å². The van der Waals surface area contributed by atoms with Crippen LogP contribution >= 0.6 is 0 Å². The lowest BCUT2D eigenvalue weighted by Crippen LogP contribution is -2.10. The maximum absolute atomic E-state index is 13.0. The molecule has 1 aromatic heterocycles. The van der Waals surface area contributed by atoms with E-state index < -0.39 is 17.5 Å². The van der Waals surface area contributed by atoms with Gasteiger partial charge in [0.1, 0.15) is 5.69 Å². The molecule has 0 saturated heterocycles. The summed E-state index contributed by atoms with van der Waals surface area (Å²) in [7, 11) is 0. The van der Waals surface area contributed by atoms with Crippen LogP contribution in [0.2, 0.25) is 0 Å². The van der Waals surface area contributed by atoms with Gasteiger partial charge >= 0.3 is 0 Å². The summed E-state index contributed by atoms with van der Waals surface area (Å²) in [5.41, 5.74) is 2.41. The summed E-state index contributed by atoms with van der Waals surface area (Å²) in [6, 6.07) is 1.65. The Morgan fingerprint density at radius 3 is 2.18 bits per heavy atom. The Labute approximate surface area is 94.3 Å². The number of nitrogens with two attached hydrogens (primary N) is 1. The highest BCUT2D eigenvalue weighted by atomic mass is 19.2. The van der Waals surface area contributed by atoms with Crippen molar-refractivity contribution in [2.75, 3.05) is 5.43 Å². The number of nitrogen functional groups attached to an aromatic ring is 1. The molecule has 0 spiro atoms. The Balaban J connectivity index is 2.61. The highest BCUT2D eigenvalue weighted by molar-refractivity contribution is 5.70. The van der Waals surface area contributed by atoms with E-state index in [0.717, 1.165) is 12.1 Å². The van der Waals surface area contributed by atoms with Gasteiger partial charge in [0.05, 0.1) is 0 Å². The van der Waals surface area contributed by atoms with E-state index in [9.17, 15) is 13.2 Å². The predicted octanol–water partition coefficient (Wildman–Crippen LogP) is 1.85. The second kappa shape index (κ2) is 4.38. The molecule has 0 amide bonds. The monoisotopic (exact) mass is 240 g/mol. The summed E-state index contributed by atoms with van der Waals surface area (Å²) in [6.07, 6.45) is 2.68. The normalized spacial score (nSPS) is 10.4. The standard InChI is InChI=1S/C10H7F3N4/c11-6-3-5(4-7(12)8(6)13)9-10(17-14)16-2-1-15-9/h1-4H,14H2,(H,16,17). The van der Waals surface area contributed by atoms with Crippen molar-refractivity contribution in [3.05, 3.63) is 42.0 Å². The summed E-state index contributed by atoms with van der Waals surface area (Å²) in [5, 5.41) is 0. The van der Waals surface area contributed by atoms with Crippen LogP contribution in [0, 0.1) is 17.5 Å². The average molecular weight is 240 g/mol. The summed E-state index contributed by atoms with van der Waals surface area (Å²) in [6.45, 7) is 0. The van der Waals surface area contributed by atoms with Gasteiger partial charge in [0, 0.05) is 18.0 Å². The molecule has 0 saturated carbocycles. The van der Waals surface area contributed by atoms with Crippen molar-refractivity contribution in [3.8, 4) is 11.3 Å². The van der Waals surface area contributed by atoms with Gasteiger partial charge in [-0.2, -0.15) is 0 Å². The fraction of sp³-hybridized carbons (Fsp3) is 0. The molecule has 0 aliphatic rings. The van der Waals surface area contributed by atoms with E-state index in [0.29, 0.717) is 0 Å². The fourth-order valence-corrected chi connectivity index (χ4v) is 1.35. The predicted molar refractivity (Wildman–Crippen MR) is 55.2 cm³/mol. The highest BCUT2D eigenvalue weighted by Crippen LogP contribution is 2.25. The fourth-order valence-electron chi connectivity index (χ4n) is 1.35. The van der Waals surface area contributed by atoms with Crippen LogP contribution < -0.4 is 11.3 Å². The summed E-state index contributed by atoms with van der Waals surface area (Å²) in [5.74, 6) is 1.19. The SMILES string of the molecule is NNc1nccnc1-c1cc(F)c(F)c(F)c1. The summed E-state index contributed by atoms with van der Waals surface area (Å²) in [4.78, 5) is 7.69. The van der Waals surface area contributed by atoms with Gasteiger partial charge in [0.2, 0.25) is 0 Å². The molecule has 3 N–H and O–H groups in total. The summed E-state index contributed by atoms with van der Waals surface area (Å²) >= 11 is 0.